The monoisotopic (exact) mass is 188 g/mol. The highest BCUT2D eigenvalue weighted by Crippen LogP contribution is 2.54. The lowest BCUT2D eigenvalue weighted by Gasteiger charge is -2.05. The van der Waals surface area contributed by atoms with Crippen molar-refractivity contribution < 1.29 is 4.79 Å². The van der Waals surface area contributed by atoms with E-state index in [9.17, 15) is 4.79 Å². The average Bonchev–Trinajstić information content (AvgIpc) is 2.85. The number of rotatable bonds is 1. The van der Waals surface area contributed by atoms with Crippen molar-refractivity contribution in [3.8, 4) is 0 Å². The Morgan fingerprint density at radius 1 is 1.43 bits per heavy atom. The molecule has 3 nitrogen and oxygen atoms in total. The molecule has 72 valence electrons. The minimum absolute atomic E-state index is 0.355. The summed E-state index contributed by atoms with van der Waals surface area (Å²) < 4.78 is 0. The average molecular weight is 188 g/mol. The minimum Gasteiger partial charge on any atom is -0.384 e. The first-order valence-electron chi connectivity index (χ1n) is 4.90. The van der Waals surface area contributed by atoms with Gasteiger partial charge in [0.2, 0.25) is 5.91 Å². The molecule has 0 unspecified atom stereocenters. The second-order valence-electron chi connectivity index (χ2n) is 4.26. The minimum atomic E-state index is -0.355. The van der Waals surface area contributed by atoms with Crippen LogP contribution in [0.25, 0.3) is 0 Å². The van der Waals surface area contributed by atoms with Gasteiger partial charge in [0.05, 0.1) is 0 Å². The number of carbonyl (C=O) groups excluding carboxylic acids is 1. The molecule has 3 heteroatoms. The number of hydrogen-bond donors (Lipinski definition) is 2. The maximum absolute atomic E-state index is 11.0. The van der Waals surface area contributed by atoms with Crippen molar-refractivity contribution in [1.29, 1.82) is 0 Å². The van der Waals surface area contributed by atoms with Gasteiger partial charge in [0, 0.05) is 23.2 Å². The first-order chi connectivity index (χ1) is 6.71. The topological polar surface area (TPSA) is 55.1 Å². The van der Waals surface area contributed by atoms with Gasteiger partial charge in [-0.15, -0.1) is 0 Å². The lowest BCUT2D eigenvalue weighted by molar-refractivity contribution is 0.100. The molecule has 1 aliphatic carbocycles. The van der Waals surface area contributed by atoms with Crippen molar-refractivity contribution in [3.05, 3.63) is 29.3 Å². The first kappa shape index (κ1) is 7.85. The molecule has 1 aromatic carbocycles. The summed E-state index contributed by atoms with van der Waals surface area (Å²) in [7, 11) is 0. The van der Waals surface area contributed by atoms with Crippen LogP contribution in [0.15, 0.2) is 18.2 Å². The van der Waals surface area contributed by atoms with E-state index in [0.717, 1.165) is 12.2 Å². The van der Waals surface area contributed by atoms with E-state index >= 15 is 0 Å². The second kappa shape index (κ2) is 2.29. The molecule has 1 spiro atoms. The Kier molecular flexibility index (Phi) is 1.29. The predicted molar refractivity (Wildman–Crippen MR) is 54.4 cm³/mol. The van der Waals surface area contributed by atoms with Gasteiger partial charge in [-0.05, 0) is 30.5 Å². The number of primary amides is 1. The van der Waals surface area contributed by atoms with Crippen LogP contribution in [0.1, 0.15) is 28.8 Å². The normalized spacial score (nSPS) is 20.3. The molecular weight excluding hydrogens is 176 g/mol. The van der Waals surface area contributed by atoms with Crippen LogP contribution in [0.2, 0.25) is 0 Å². The highest BCUT2D eigenvalue weighted by molar-refractivity contribution is 5.94. The van der Waals surface area contributed by atoms with Crippen molar-refractivity contribution in [1.82, 2.24) is 0 Å². The molecule has 1 heterocycles. The number of amides is 1. The maximum atomic E-state index is 11.0. The molecule has 14 heavy (non-hydrogen) atoms. The van der Waals surface area contributed by atoms with Gasteiger partial charge in [0.25, 0.3) is 0 Å². The number of anilines is 1. The Labute approximate surface area is 82.3 Å². The lowest BCUT2D eigenvalue weighted by atomic mass is 9.97. The zero-order chi connectivity index (χ0) is 9.76. The quantitative estimate of drug-likeness (QED) is 0.696. The summed E-state index contributed by atoms with van der Waals surface area (Å²) in [6.07, 6.45) is 2.53. The molecule has 0 aromatic heterocycles. The number of hydrogen-bond acceptors (Lipinski definition) is 2. The summed E-state index contributed by atoms with van der Waals surface area (Å²) in [6.45, 7) is 1.02. The largest absolute Gasteiger partial charge is 0.384 e. The Balaban J connectivity index is 2.09. The third-order valence-corrected chi connectivity index (χ3v) is 3.35. The van der Waals surface area contributed by atoms with Crippen LogP contribution >= 0.6 is 0 Å². The zero-order valence-corrected chi connectivity index (χ0v) is 7.84. The van der Waals surface area contributed by atoms with E-state index in [2.05, 4.69) is 5.32 Å². The Morgan fingerprint density at radius 3 is 2.86 bits per heavy atom. The van der Waals surface area contributed by atoms with Crippen molar-refractivity contribution >= 4 is 11.6 Å². The highest BCUT2D eigenvalue weighted by Gasteiger charge is 2.48. The van der Waals surface area contributed by atoms with Gasteiger partial charge < -0.3 is 11.1 Å². The standard InChI is InChI=1S/C11H12N2O/c12-10(14)7-1-2-8-9(5-7)13-6-11(8)3-4-11/h1-2,5,13H,3-4,6H2,(H2,12,14). The number of carbonyl (C=O) groups is 1. The Hall–Kier alpha value is -1.51. The zero-order valence-electron chi connectivity index (χ0n) is 7.84. The third-order valence-electron chi connectivity index (χ3n) is 3.35. The van der Waals surface area contributed by atoms with Crippen LogP contribution in [0.4, 0.5) is 5.69 Å². The van der Waals surface area contributed by atoms with Gasteiger partial charge in [0.1, 0.15) is 0 Å². The van der Waals surface area contributed by atoms with Crippen molar-refractivity contribution in [2.24, 2.45) is 5.73 Å². The van der Waals surface area contributed by atoms with Gasteiger partial charge in [-0.3, -0.25) is 4.79 Å². The number of fused-ring (bicyclic) bond motifs is 2. The van der Waals surface area contributed by atoms with Gasteiger partial charge >= 0.3 is 0 Å². The van der Waals surface area contributed by atoms with E-state index in [1.807, 2.05) is 18.2 Å². The summed E-state index contributed by atoms with van der Waals surface area (Å²) in [6, 6.07) is 5.74. The van der Waals surface area contributed by atoms with Crippen LogP contribution in [0.3, 0.4) is 0 Å². The number of nitrogens with two attached hydrogens (primary N) is 1. The van der Waals surface area contributed by atoms with Gasteiger partial charge in [0.15, 0.2) is 0 Å². The summed E-state index contributed by atoms with van der Waals surface area (Å²) in [5.41, 5.74) is 8.67. The summed E-state index contributed by atoms with van der Waals surface area (Å²) in [5, 5.41) is 3.34. The summed E-state index contributed by atoms with van der Waals surface area (Å²) >= 11 is 0. The van der Waals surface area contributed by atoms with E-state index in [4.69, 9.17) is 5.73 Å². The molecule has 0 radical (unpaired) electrons. The SMILES string of the molecule is NC(=O)c1ccc2c(c1)NCC21CC1. The maximum Gasteiger partial charge on any atom is 0.248 e. The second-order valence-corrected chi connectivity index (χ2v) is 4.26. The molecule has 3 rings (SSSR count). The molecule has 3 N–H and O–H groups in total. The molecule has 1 aliphatic heterocycles. The van der Waals surface area contributed by atoms with Crippen molar-refractivity contribution in [2.45, 2.75) is 18.3 Å². The predicted octanol–water partition coefficient (Wildman–Crippen LogP) is 1.24. The van der Waals surface area contributed by atoms with E-state index < -0.39 is 0 Å². The van der Waals surface area contributed by atoms with Gasteiger partial charge in [-0.1, -0.05) is 6.07 Å². The van der Waals surface area contributed by atoms with E-state index in [0.29, 0.717) is 11.0 Å². The molecule has 1 fully saturated rings. The molecule has 0 saturated heterocycles. The third kappa shape index (κ3) is 0.895. The Bertz CT molecular complexity index is 421. The molecule has 0 atom stereocenters. The van der Waals surface area contributed by atoms with Crippen LogP contribution in [0, 0.1) is 0 Å². The lowest BCUT2D eigenvalue weighted by Crippen LogP contribution is -2.11. The van der Waals surface area contributed by atoms with Crippen molar-refractivity contribution in [2.75, 3.05) is 11.9 Å². The molecule has 1 saturated carbocycles. The molecule has 1 amide bonds. The molecule has 1 aromatic rings. The number of nitrogens with one attached hydrogen (secondary N) is 1. The van der Waals surface area contributed by atoms with Crippen LogP contribution in [0.5, 0.6) is 0 Å². The van der Waals surface area contributed by atoms with Crippen molar-refractivity contribution in [3.63, 3.8) is 0 Å². The fourth-order valence-corrected chi connectivity index (χ4v) is 2.26. The summed E-state index contributed by atoms with van der Waals surface area (Å²) in [4.78, 5) is 11.0. The van der Waals surface area contributed by atoms with E-state index in [1.165, 1.54) is 18.4 Å². The van der Waals surface area contributed by atoms with E-state index in [1.54, 1.807) is 0 Å². The molecular formula is C11H12N2O. The smallest absolute Gasteiger partial charge is 0.248 e. The first-order valence-corrected chi connectivity index (χ1v) is 4.90. The van der Waals surface area contributed by atoms with Gasteiger partial charge in [-0.25, -0.2) is 0 Å². The van der Waals surface area contributed by atoms with Crippen LogP contribution in [-0.4, -0.2) is 12.5 Å². The van der Waals surface area contributed by atoms with Gasteiger partial charge in [-0.2, -0.15) is 0 Å². The Morgan fingerprint density at radius 2 is 2.21 bits per heavy atom. The highest BCUT2D eigenvalue weighted by atomic mass is 16.1. The fraction of sp³-hybridized carbons (Fsp3) is 0.364. The summed E-state index contributed by atoms with van der Waals surface area (Å²) in [5.74, 6) is -0.355. The molecule has 0 bridgehead atoms. The fourth-order valence-electron chi connectivity index (χ4n) is 2.26. The van der Waals surface area contributed by atoms with E-state index in [-0.39, 0.29) is 5.91 Å². The molecule has 2 aliphatic rings. The van der Waals surface area contributed by atoms with Crippen LogP contribution in [-0.2, 0) is 5.41 Å². The van der Waals surface area contributed by atoms with Crippen LogP contribution < -0.4 is 11.1 Å². The number of benzene rings is 1.